The van der Waals surface area contributed by atoms with Crippen LogP contribution in [0.2, 0.25) is 0 Å². The van der Waals surface area contributed by atoms with Gasteiger partial charge in [-0.25, -0.2) is 0 Å². The fourth-order valence-electron chi connectivity index (χ4n) is 5.94. The van der Waals surface area contributed by atoms with Gasteiger partial charge >= 0.3 is 17.9 Å². The summed E-state index contributed by atoms with van der Waals surface area (Å²) in [5.74, 6) is -1.71. The Morgan fingerprint density at radius 1 is 1.23 bits per heavy atom. The summed E-state index contributed by atoms with van der Waals surface area (Å²) in [6.45, 7) is 5.50. The van der Waals surface area contributed by atoms with Crippen molar-refractivity contribution in [1.82, 2.24) is 0 Å². The lowest BCUT2D eigenvalue weighted by Crippen LogP contribution is -2.55. The van der Waals surface area contributed by atoms with E-state index >= 15 is 0 Å². The predicted molar refractivity (Wildman–Crippen MR) is 105 cm³/mol. The van der Waals surface area contributed by atoms with Crippen molar-refractivity contribution in [1.29, 1.82) is 0 Å². The molecule has 0 unspecified atom stereocenters. The number of esters is 3. The molecule has 1 aromatic heterocycles. The number of furan rings is 1. The summed E-state index contributed by atoms with van der Waals surface area (Å²) in [4.78, 5) is 37.4. The lowest BCUT2D eigenvalue weighted by atomic mass is 9.47. The van der Waals surface area contributed by atoms with Crippen LogP contribution in [0.5, 0.6) is 0 Å². The van der Waals surface area contributed by atoms with Crippen LogP contribution >= 0.6 is 0 Å². The van der Waals surface area contributed by atoms with Gasteiger partial charge in [-0.15, -0.1) is 0 Å². The van der Waals surface area contributed by atoms with E-state index in [1.165, 1.54) is 14.0 Å². The van der Waals surface area contributed by atoms with Crippen LogP contribution in [0, 0.1) is 22.7 Å². The highest BCUT2D eigenvalue weighted by atomic mass is 16.6. The second-order valence-corrected chi connectivity index (χ2v) is 9.15. The number of hydrogen-bond donors (Lipinski definition) is 0. The van der Waals surface area contributed by atoms with Crippen LogP contribution in [0.1, 0.15) is 58.1 Å². The number of carbonyl (C=O) groups is 3. The second kappa shape index (κ2) is 7.29. The average molecular weight is 416 g/mol. The van der Waals surface area contributed by atoms with E-state index in [0.717, 1.165) is 11.1 Å². The molecule has 1 saturated carbocycles. The Balaban J connectivity index is 1.79. The molecule has 0 amide bonds. The molecule has 7 heteroatoms. The van der Waals surface area contributed by atoms with Crippen molar-refractivity contribution < 1.29 is 33.0 Å². The molecule has 2 fully saturated rings. The minimum absolute atomic E-state index is 0.234. The summed E-state index contributed by atoms with van der Waals surface area (Å²) >= 11 is 0. The second-order valence-electron chi connectivity index (χ2n) is 9.15. The average Bonchev–Trinajstić information content (AvgIpc) is 3.21. The van der Waals surface area contributed by atoms with Gasteiger partial charge in [0, 0.05) is 29.7 Å². The van der Waals surface area contributed by atoms with Crippen molar-refractivity contribution in [3.05, 3.63) is 35.8 Å². The summed E-state index contributed by atoms with van der Waals surface area (Å²) in [5, 5.41) is 0. The van der Waals surface area contributed by atoms with Gasteiger partial charge < -0.3 is 18.6 Å². The number of hydrogen-bond acceptors (Lipinski definition) is 7. The molecule has 162 valence electrons. The van der Waals surface area contributed by atoms with E-state index in [0.29, 0.717) is 25.7 Å². The lowest BCUT2D eigenvalue weighted by Gasteiger charge is -2.57. The number of carbonyl (C=O) groups excluding carboxylic acids is 3. The maximum absolute atomic E-state index is 13.0. The third kappa shape index (κ3) is 3.15. The molecule has 6 atom stereocenters. The Hall–Kier alpha value is -2.57. The molecule has 3 aliphatic rings. The molecule has 0 N–H and O–H groups in total. The van der Waals surface area contributed by atoms with Gasteiger partial charge in [0.25, 0.3) is 0 Å². The fraction of sp³-hybridized carbons (Fsp3) is 0.609. The first-order valence-corrected chi connectivity index (χ1v) is 10.4. The highest BCUT2D eigenvalue weighted by molar-refractivity contribution is 5.78. The molecule has 0 aromatic carbocycles. The highest BCUT2D eigenvalue weighted by Gasteiger charge is 2.61. The van der Waals surface area contributed by atoms with E-state index in [9.17, 15) is 14.4 Å². The van der Waals surface area contributed by atoms with Gasteiger partial charge in [0.05, 0.1) is 31.5 Å². The molecule has 1 aliphatic heterocycles. The zero-order chi connectivity index (χ0) is 21.7. The largest absolute Gasteiger partial charge is 0.472 e. The molecule has 2 aliphatic carbocycles. The topological polar surface area (TPSA) is 92.0 Å². The molecule has 0 radical (unpaired) electrons. The smallest absolute Gasteiger partial charge is 0.310 e. The first-order chi connectivity index (χ1) is 14.2. The van der Waals surface area contributed by atoms with Crippen molar-refractivity contribution in [2.24, 2.45) is 22.7 Å². The minimum atomic E-state index is -0.532. The summed E-state index contributed by atoms with van der Waals surface area (Å²) in [5.41, 5.74) is 0.792. The van der Waals surface area contributed by atoms with Gasteiger partial charge in [0.1, 0.15) is 12.2 Å². The van der Waals surface area contributed by atoms with Gasteiger partial charge in [-0.1, -0.05) is 19.4 Å². The van der Waals surface area contributed by atoms with Crippen LogP contribution in [-0.2, 0) is 28.6 Å². The van der Waals surface area contributed by atoms with Gasteiger partial charge in [0.2, 0.25) is 0 Å². The van der Waals surface area contributed by atoms with Crippen LogP contribution in [0.15, 0.2) is 34.7 Å². The molecule has 0 spiro atoms. The van der Waals surface area contributed by atoms with Crippen molar-refractivity contribution in [3.63, 3.8) is 0 Å². The van der Waals surface area contributed by atoms with Crippen LogP contribution in [-0.4, -0.2) is 31.1 Å². The molecule has 1 aromatic rings. The molecular weight excluding hydrogens is 388 g/mol. The van der Waals surface area contributed by atoms with Crippen LogP contribution in [0.3, 0.4) is 0 Å². The van der Waals surface area contributed by atoms with Crippen molar-refractivity contribution in [3.8, 4) is 0 Å². The standard InChI is InChI=1S/C23H28O7/c1-13(24)29-15-9-17(20(25)27-4)22(2)7-5-16-21(26)30-18(14-6-8-28-12-14)11-23(16,3)19(22)10-15/h6,8,10,12,15-18H,5,7,9,11H2,1-4H3/t15-,16-,17-,18-,22-,23-/m0/s1. The van der Waals surface area contributed by atoms with Gasteiger partial charge in [-0.05, 0) is 31.4 Å². The minimum Gasteiger partial charge on any atom is -0.472 e. The normalized spacial score (nSPS) is 37.9. The molecule has 4 rings (SSSR count). The first kappa shape index (κ1) is 20.7. The van der Waals surface area contributed by atoms with E-state index in [1.54, 1.807) is 18.6 Å². The number of methoxy groups -OCH3 is 1. The van der Waals surface area contributed by atoms with Crippen LogP contribution < -0.4 is 0 Å². The maximum atomic E-state index is 13.0. The zero-order valence-corrected chi connectivity index (χ0v) is 17.8. The number of allylic oxidation sites excluding steroid dienone is 1. The quantitative estimate of drug-likeness (QED) is 0.421. The van der Waals surface area contributed by atoms with E-state index in [1.807, 2.05) is 6.08 Å². The van der Waals surface area contributed by atoms with E-state index in [4.69, 9.17) is 18.6 Å². The molecule has 7 nitrogen and oxygen atoms in total. The monoisotopic (exact) mass is 416 g/mol. The van der Waals surface area contributed by atoms with Gasteiger partial charge in [0.15, 0.2) is 0 Å². The van der Waals surface area contributed by atoms with Crippen molar-refractivity contribution in [2.45, 2.75) is 58.7 Å². The molecule has 30 heavy (non-hydrogen) atoms. The third-order valence-electron chi connectivity index (χ3n) is 7.41. The molecule has 1 saturated heterocycles. The van der Waals surface area contributed by atoms with Crippen molar-refractivity contribution >= 4 is 17.9 Å². The zero-order valence-electron chi connectivity index (χ0n) is 17.8. The van der Waals surface area contributed by atoms with Crippen molar-refractivity contribution in [2.75, 3.05) is 7.11 Å². The fourth-order valence-corrected chi connectivity index (χ4v) is 5.94. The molecule has 0 bridgehead atoms. The van der Waals surface area contributed by atoms with Crippen LogP contribution in [0.25, 0.3) is 0 Å². The van der Waals surface area contributed by atoms with E-state index < -0.39 is 34.9 Å². The summed E-state index contributed by atoms with van der Waals surface area (Å²) < 4.78 is 21.6. The third-order valence-corrected chi connectivity index (χ3v) is 7.41. The Morgan fingerprint density at radius 2 is 2.00 bits per heavy atom. The number of cyclic esters (lactones) is 1. The number of ether oxygens (including phenoxy) is 3. The van der Waals surface area contributed by atoms with E-state index in [2.05, 4.69) is 13.8 Å². The first-order valence-electron chi connectivity index (χ1n) is 10.4. The summed E-state index contributed by atoms with van der Waals surface area (Å²) in [6, 6.07) is 1.80. The van der Waals surface area contributed by atoms with Gasteiger partial charge in [-0.2, -0.15) is 0 Å². The SMILES string of the molecule is COC(=O)[C@@H]1C[C@H](OC(C)=O)C=C2[C@@]1(C)CC[C@H]1C(=O)O[C@H](c3ccoc3)C[C@]21C. The molecular formula is C23H28O7. The van der Waals surface area contributed by atoms with Crippen LogP contribution in [0.4, 0.5) is 0 Å². The van der Waals surface area contributed by atoms with E-state index in [-0.39, 0.29) is 17.9 Å². The lowest BCUT2D eigenvalue weighted by molar-refractivity contribution is -0.178. The Kier molecular flexibility index (Phi) is 5.03. The number of rotatable bonds is 3. The summed E-state index contributed by atoms with van der Waals surface area (Å²) in [7, 11) is 1.38. The van der Waals surface area contributed by atoms with Gasteiger partial charge in [-0.3, -0.25) is 14.4 Å². The number of fused-ring (bicyclic) bond motifs is 3. The Morgan fingerprint density at radius 3 is 2.63 bits per heavy atom. The highest BCUT2D eigenvalue weighted by Crippen LogP contribution is 2.64. The Labute approximate surface area is 175 Å². The predicted octanol–water partition coefficient (Wildman–Crippen LogP) is 3.74. The Bertz CT molecular complexity index is 885. The summed E-state index contributed by atoms with van der Waals surface area (Å²) in [6.07, 6.45) is 6.42. The molecule has 2 heterocycles. The maximum Gasteiger partial charge on any atom is 0.310 e.